The van der Waals surface area contributed by atoms with Crippen LogP contribution in [0.1, 0.15) is 22.8 Å². The Hall–Kier alpha value is -3.15. The molecule has 0 atom stereocenters. The molecular weight excluding hydrogens is 320 g/mol. The average Bonchev–Trinajstić information content (AvgIpc) is 2.58. The second-order valence-electron chi connectivity index (χ2n) is 5.92. The summed E-state index contributed by atoms with van der Waals surface area (Å²) in [6.07, 6.45) is 0. The largest absolute Gasteiger partial charge is 0.482 e. The van der Waals surface area contributed by atoms with Gasteiger partial charge < -0.3 is 10.1 Å². The van der Waals surface area contributed by atoms with Crippen molar-refractivity contribution in [3.63, 3.8) is 0 Å². The standard InChI is InChI=1S/C19H18N2O4/c1-12-3-8-17-16(9-12)21(19(24)11-25-17)10-18(23)20-15-6-4-14(5-7-15)13(2)22/h3-9H,10-11H2,1-2H3,(H,20,23). The van der Waals surface area contributed by atoms with E-state index in [1.54, 1.807) is 30.3 Å². The summed E-state index contributed by atoms with van der Waals surface area (Å²) in [7, 11) is 0. The Morgan fingerprint density at radius 2 is 1.88 bits per heavy atom. The second kappa shape index (κ2) is 6.76. The highest BCUT2D eigenvalue weighted by atomic mass is 16.5. The van der Waals surface area contributed by atoms with Crippen molar-refractivity contribution in [2.24, 2.45) is 0 Å². The number of anilines is 2. The molecule has 6 nitrogen and oxygen atoms in total. The van der Waals surface area contributed by atoms with Crippen LogP contribution in [-0.2, 0) is 9.59 Å². The molecule has 6 heteroatoms. The van der Waals surface area contributed by atoms with E-state index in [9.17, 15) is 14.4 Å². The lowest BCUT2D eigenvalue weighted by atomic mass is 10.1. The quantitative estimate of drug-likeness (QED) is 0.870. The molecule has 0 saturated carbocycles. The number of hydrogen-bond acceptors (Lipinski definition) is 4. The van der Waals surface area contributed by atoms with Crippen LogP contribution in [0.5, 0.6) is 5.75 Å². The molecule has 1 aliphatic heterocycles. The first-order valence-electron chi connectivity index (χ1n) is 7.89. The topological polar surface area (TPSA) is 75.7 Å². The molecule has 2 amide bonds. The van der Waals surface area contributed by atoms with E-state index in [-0.39, 0.29) is 30.7 Å². The molecule has 0 aromatic heterocycles. The van der Waals surface area contributed by atoms with Crippen molar-refractivity contribution in [2.45, 2.75) is 13.8 Å². The van der Waals surface area contributed by atoms with E-state index >= 15 is 0 Å². The van der Waals surface area contributed by atoms with Crippen LogP contribution in [0.3, 0.4) is 0 Å². The molecule has 128 valence electrons. The molecule has 0 saturated heterocycles. The first-order valence-corrected chi connectivity index (χ1v) is 7.89. The van der Waals surface area contributed by atoms with Gasteiger partial charge in [-0.05, 0) is 55.8 Å². The third-order valence-electron chi connectivity index (χ3n) is 3.93. The lowest BCUT2D eigenvalue weighted by molar-refractivity contribution is -0.123. The number of ether oxygens (including phenoxy) is 1. The first-order chi connectivity index (χ1) is 11.9. The van der Waals surface area contributed by atoms with Crippen LogP contribution in [0.2, 0.25) is 0 Å². The predicted molar refractivity (Wildman–Crippen MR) is 94.1 cm³/mol. The molecule has 1 N–H and O–H groups in total. The third-order valence-corrected chi connectivity index (χ3v) is 3.93. The lowest BCUT2D eigenvalue weighted by Gasteiger charge is -2.29. The van der Waals surface area contributed by atoms with Crippen LogP contribution < -0.4 is 15.0 Å². The van der Waals surface area contributed by atoms with Gasteiger partial charge >= 0.3 is 0 Å². The molecule has 0 radical (unpaired) electrons. The van der Waals surface area contributed by atoms with E-state index in [4.69, 9.17) is 4.74 Å². The van der Waals surface area contributed by atoms with Crippen molar-refractivity contribution < 1.29 is 19.1 Å². The van der Waals surface area contributed by atoms with Crippen molar-refractivity contribution >= 4 is 29.0 Å². The number of hydrogen-bond donors (Lipinski definition) is 1. The number of benzene rings is 2. The molecule has 0 bridgehead atoms. The normalized spacial score (nSPS) is 13.0. The van der Waals surface area contributed by atoms with Gasteiger partial charge in [0.15, 0.2) is 12.4 Å². The van der Waals surface area contributed by atoms with Crippen LogP contribution in [0.25, 0.3) is 0 Å². The smallest absolute Gasteiger partial charge is 0.265 e. The Bertz CT molecular complexity index is 843. The number of carbonyl (C=O) groups is 3. The highest BCUT2D eigenvalue weighted by molar-refractivity contribution is 6.05. The van der Waals surface area contributed by atoms with Crippen LogP contribution in [0.15, 0.2) is 42.5 Å². The van der Waals surface area contributed by atoms with Crippen LogP contribution in [-0.4, -0.2) is 30.7 Å². The molecule has 0 aliphatic carbocycles. The summed E-state index contributed by atoms with van der Waals surface area (Å²) < 4.78 is 5.40. The van der Waals surface area contributed by atoms with Gasteiger partial charge in [-0.25, -0.2) is 0 Å². The molecule has 0 fully saturated rings. The van der Waals surface area contributed by atoms with Crippen molar-refractivity contribution in [1.82, 2.24) is 0 Å². The Balaban J connectivity index is 1.73. The third kappa shape index (κ3) is 3.68. The number of Topliss-reactive ketones (excluding diaryl/α,β-unsaturated/α-hetero) is 1. The Kier molecular flexibility index (Phi) is 4.52. The van der Waals surface area contributed by atoms with Crippen LogP contribution in [0.4, 0.5) is 11.4 Å². The van der Waals surface area contributed by atoms with Crippen molar-refractivity contribution in [3.05, 3.63) is 53.6 Å². The highest BCUT2D eigenvalue weighted by Gasteiger charge is 2.27. The first kappa shape index (κ1) is 16.7. The van der Waals surface area contributed by atoms with E-state index < -0.39 is 0 Å². The van der Waals surface area contributed by atoms with Gasteiger partial charge in [-0.2, -0.15) is 0 Å². The van der Waals surface area contributed by atoms with Crippen molar-refractivity contribution in [3.8, 4) is 5.75 Å². The summed E-state index contributed by atoms with van der Waals surface area (Å²) >= 11 is 0. The van der Waals surface area contributed by atoms with Gasteiger partial charge in [-0.1, -0.05) is 6.07 Å². The Morgan fingerprint density at radius 1 is 1.16 bits per heavy atom. The predicted octanol–water partition coefficient (Wildman–Crippen LogP) is 2.56. The summed E-state index contributed by atoms with van der Waals surface area (Å²) in [4.78, 5) is 37.2. The molecule has 2 aromatic carbocycles. The number of nitrogens with one attached hydrogen (secondary N) is 1. The number of ketones is 1. The average molecular weight is 338 g/mol. The summed E-state index contributed by atoms with van der Waals surface area (Å²) in [5.41, 5.74) is 2.71. The zero-order valence-corrected chi connectivity index (χ0v) is 14.0. The van der Waals surface area contributed by atoms with Gasteiger partial charge in [0.2, 0.25) is 5.91 Å². The summed E-state index contributed by atoms with van der Waals surface area (Å²) in [5.74, 6) is -0.0361. The van der Waals surface area contributed by atoms with Gasteiger partial charge in [0.05, 0.1) is 5.69 Å². The van der Waals surface area contributed by atoms with Crippen LogP contribution in [0, 0.1) is 6.92 Å². The SMILES string of the molecule is CC(=O)c1ccc(NC(=O)CN2C(=O)COc3ccc(C)cc32)cc1. The maximum absolute atomic E-state index is 12.3. The fourth-order valence-corrected chi connectivity index (χ4v) is 2.62. The minimum Gasteiger partial charge on any atom is -0.482 e. The molecule has 1 heterocycles. The van der Waals surface area contributed by atoms with E-state index in [1.807, 2.05) is 19.1 Å². The van der Waals surface area contributed by atoms with Crippen molar-refractivity contribution in [1.29, 1.82) is 0 Å². The fourth-order valence-electron chi connectivity index (χ4n) is 2.62. The fraction of sp³-hybridized carbons (Fsp3) is 0.211. The lowest BCUT2D eigenvalue weighted by Crippen LogP contribution is -2.43. The molecule has 0 unspecified atom stereocenters. The number of carbonyl (C=O) groups excluding carboxylic acids is 3. The van der Waals surface area contributed by atoms with E-state index in [0.29, 0.717) is 22.7 Å². The van der Waals surface area contributed by atoms with E-state index in [0.717, 1.165) is 5.56 Å². The van der Waals surface area contributed by atoms with E-state index in [2.05, 4.69) is 5.32 Å². The van der Waals surface area contributed by atoms with E-state index in [1.165, 1.54) is 11.8 Å². The van der Waals surface area contributed by atoms with Crippen LogP contribution >= 0.6 is 0 Å². The Morgan fingerprint density at radius 3 is 2.56 bits per heavy atom. The monoisotopic (exact) mass is 338 g/mol. The Labute approximate surface area is 145 Å². The van der Waals surface area contributed by atoms with Gasteiger partial charge in [-0.3, -0.25) is 19.3 Å². The molecule has 3 rings (SSSR count). The maximum Gasteiger partial charge on any atom is 0.265 e. The molecule has 25 heavy (non-hydrogen) atoms. The molecule has 2 aromatic rings. The minimum absolute atomic E-state index is 0.0382. The zero-order chi connectivity index (χ0) is 18.0. The zero-order valence-electron chi connectivity index (χ0n) is 14.0. The minimum atomic E-state index is -0.321. The number of fused-ring (bicyclic) bond motifs is 1. The molecule has 1 aliphatic rings. The van der Waals surface area contributed by atoms with Gasteiger partial charge in [0.1, 0.15) is 12.3 Å². The summed E-state index contributed by atoms with van der Waals surface area (Å²) in [5, 5.41) is 2.74. The second-order valence-corrected chi connectivity index (χ2v) is 5.92. The van der Waals surface area contributed by atoms with Gasteiger partial charge in [-0.15, -0.1) is 0 Å². The van der Waals surface area contributed by atoms with Crippen molar-refractivity contribution in [2.75, 3.05) is 23.4 Å². The number of rotatable bonds is 4. The number of amides is 2. The maximum atomic E-state index is 12.3. The number of aryl methyl sites for hydroxylation is 1. The van der Waals surface area contributed by atoms with Gasteiger partial charge in [0, 0.05) is 11.3 Å². The summed E-state index contributed by atoms with van der Waals surface area (Å²) in [6.45, 7) is 3.20. The highest BCUT2D eigenvalue weighted by Crippen LogP contribution is 2.32. The molecule has 0 spiro atoms. The summed E-state index contributed by atoms with van der Waals surface area (Å²) in [6, 6.07) is 12.1. The molecular formula is C19H18N2O4. The number of nitrogens with zero attached hydrogens (tertiary/aromatic N) is 1. The van der Waals surface area contributed by atoms with Gasteiger partial charge in [0.25, 0.3) is 5.91 Å².